The van der Waals surface area contributed by atoms with E-state index in [0.29, 0.717) is 0 Å². The minimum Gasteiger partial charge on any atom is -0.496 e. The number of hydrogen-bond acceptors (Lipinski definition) is 4. The van der Waals surface area contributed by atoms with Gasteiger partial charge in [-0.25, -0.2) is 9.97 Å². The molecule has 21 heavy (non-hydrogen) atoms. The zero-order chi connectivity index (χ0) is 14.8. The third kappa shape index (κ3) is 2.58. The third-order valence-corrected chi connectivity index (χ3v) is 3.93. The minimum atomic E-state index is 0.803. The van der Waals surface area contributed by atoms with Gasteiger partial charge in [-0.1, -0.05) is 0 Å². The first kappa shape index (κ1) is 13.9. The zero-order valence-corrected chi connectivity index (χ0v) is 12.9. The summed E-state index contributed by atoms with van der Waals surface area (Å²) < 4.78 is 5.32. The van der Waals surface area contributed by atoms with E-state index < -0.39 is 0 Å². The lowest BCUT2D eigenvalue weighted by Crippen LogP contribution is -2.06. The molecule has 1 aliphatic carbocycles. The van der Waals surface area contributed by atoms with Crippen molar-refractivity contribution in [2.24, 2.45) is 0 Å². The fourth-order valence-electron chi connectivity index (χ4n) is 2.89. The van der Waals surface area contributed by atoms with E-state index in [9.17, 15) is 0 Å². The second-order valence-electron chi connectivity index (χ2n) is 5.39. The van der Waals surface area contributed by atoms with Crippen LogP contribution in [0.4, 0.5) is 5.82 Å². The average Bonchev–Trinajstić information content (AvgIpc) is 2.96. The standard InChI is InChI=1S/C17H21N3O/c1-4-18-17-13-6-5-7-14(13)19-16(20-17)12-8-9-15(21-3)11(2)10-12/h8-10H,4-7H2,1-3H3,(H,18,19,20). The molecule has 0 fully saturated rings. The Morgan fingerprint density at radius 3 is 2.81 bits per heavy atom. The van der Waals surface area contributed by atoms with E-state index in [0.717, 1.165) is 47.9 Å². The van der Waals surface area contributed by atoms with Crippen LogP contribution in [0.3, 0.4) is 0 Å². The minimum absolute atomic E-state index is 0.803. The van der Waals surface area contributed by atoms with Gasteiger partial charge in [0.1, 0.15) is 11.6 Å². The van der Waals surface area contributed by atoms with Crippen molar-refractivity contribution in [2.45, 2.75) is 33.1 Å². The molecule has 4 heteroatoms. The smallest absolute Gasteiger partial charge is 0.161 e. The van der Waals surface area contributed by atoms with Crippen LogP contribution in [0.2, 0.25) is 0 Å². The van der Waals surface area contributed by atoms with Crippen LogP contribution >= 0.6 is 0 Å². The average molecular weight is 283 g/mol. The maximum absolute atomic E-state index is 5.32. The van der Waals surface area contributed by atoms with Crippen LogP contribution < -0.4 is 10.1 Å². The summed E-state index contributed by atoms with van der Waals surface area (Å²) in [6, 6.07) is 6.09. The number of rotatable bonds is 4. The Kier molecular flexibility index (Phi) is 3.78. The molecule has 1 aliphatic rings. The Labute approximate surface area is 125 Å². The molecule has 0 amide bonds. The lowest BCUT2D eigenvalue weighted by molar-refractivity contribution is 0.412. The van der Waals surface area contributed by atoms with Gasteiger partial charge in [0.2, 0.25) is 0 Å². The Morgan fingerprint density at radius 2 is 2.10 bits per heavy atom. The molecule has 1 aromatic carbocycles. The maximum Gasteiger partial charge on any atom is 0.161 e. The van der Waals surface area contributed by atoms with E-state index in [2.05, 4.69) is 18.3 Å². The molecule has 0 radical (unpaired) electrons. The fraction of sp³-hybridized carbons (Fsp3) is 0.412. The molecule has 0 bridgehead atoms. The van der Waals surface area contributed by atoms with Crippen molar-refractivity contribution >= 4 is 5.82 Å². The highest BCUT2D eigenvalue weighted by molar-refractivity contribution is 5.62. The second-order valence-corrected chi connectivity index (χ2v) is 5.39. The summed E-state index contributed by atoms with van der Waals surface area (Å²) in [6.07, 6.45) is 3.31. The van der Waals surface area contributed by atoms with Crippen molar-refractivity contribution in [1.82, 2.24) is 9.97 Å². The third-order valence-electron chi connectivity index (χ3n) is 3.93. The number of hydrogen-bond donors (Lipinski definition) is 1. The highest BCUT2D eigenvalue weighted by Crippen LogP contribution is 2.30. The van der Waals surface area contributed by atoms with Crippen molar-refractivity contribution in [3.8, 4) is 17.1 Å². The summed E-state index contributed by atoms with van der Waals surface area (Å²) >= 11 is 0. The van der Waals surface area contributed by atoms with Crippen LogP contribution in [0.15, 0.2) is 18.2 Å². The summed E-state index contributed by atoms with van der Waals surface area (Å²) in [5.41, 5.74) is 4.64. The van der Waals surface area contributed by atoms with Crippen LogP contribution in [0.5, 0.6) is 5.75 Å². The number of nitrogens with one attached hydrogen (secondary N) is 1. The van der Waals surface area contributed by atoms with Crippen molar-refractivity contribution in [2.75, 3.05) is 19.0 Å². The van der Waals surface area contributed by atoms with E-state index in [4.69, 9.17) is 14.7 Å². The molecule has 4 nitrogen and oxygen atoms in total. The first-order chi connectivity index (χ1) is 10.2. The molecule has 1 N–H and O–H groups in total. The molecule has 2 aromatic rings. The number of benzene rings is 1. The fourth-order valence-corrected chi connectivity index (χ4v) is 2.89. The number of ether oxygens (including phenoxy) is 1. The quantitative estimate of drug-likeness (QED) is 0.934. The van der Waals surface area contributed by atoms with Gasteiger partial charge in [0, 0.05) is 23.4 Å². The normalized spacial score (nSPS) is 13.1. The second kappa shape index (κ2) is 5.72. The number of anilines is 1. The molecule has 0 saturated carbocycles. The highest BCUT2D eigenvalue weighted by Gasteiger charge is 2.19. The number of aryl methyl sites for hydroxylation is 2. The molecule has 0 saturated heterocycles. The number of methoxy groups -OCH3 is 1. The summed E-state index contributed by atoms with van der Waals surface area (Å²) in [6.45, 7) is 5.02. The van der Waals surface area contributed by atoms with Crippen LogP contribution in [-0.4, -0.2) is 23.6 Å². The number of fused-ring (bicyclic) bond motifs is 1. The molecule has 1 aromatic heterocycles. The monoisotopic (exact) mass is 283 g/mol. The molecule has 110 valence electrons. The van der Waals surface area contributed by atoms with Gasteiger partial charge >= 0.3 is 0 Å². The predicted octanol–water partition coefficient (Wildman–Crippen LogP) is 3.38. The summed E-state index contributed by atoms with van der Waals surface area (Å²) in [5.74, 6) is 2.70. The Hall–Kier alpha value is -2.10. The van der Waals surface area contributed by atoms with E-state index >= 15 is 0 Å². The number of aromatic nitrogens is 2. The summed E-state index contributed by atoms with van der Waals surface area (Å²) in [4.78, 5) is 9.51. The van der Waals surface area contributed by atoms with Gasteiger partial charge < -0.3 is 10.1 Å². The first-order valence-electron chi connectivity index (χ1n) is 7.51. The van der Waals surface area contributed by atoms with E-state index in [1.165, 1.54) is 17.7 Å². The molecule has 0 aliphatic heterocycles. The molecular formula is C17H21N3O. The predicted molar refractivity (Wildman–Crippen MR) is 84.9 cm³/mol. The van der Waals surface area contributed by atoms with Crippen LogP contribution in [-0.2, 0) is 12.8 Å². The van der Waals surface area contributed by atoms with E-state index in [1.54, 1.807) is 7.11 Å². The van der Waals surface area contributed by atoms with Crippen molar-refractivity contribution < 1.29 is 4.74 Å². The van der Waals surface area contributed by atoms with Gasteiger partial charge in [-0.05, 0) is 56.9 Å². The van der Waals surface area contributed by atoms with Gasteiger partial charge in [-0.2, -0.15) is 0 Å². The molecule has 0 spiro atoms. The SMILES string of the molecule is CCNc1nc(-c2ccc(OC)c(C)c2)nc2c1CCC2. The summed E-state index contributed by atoms with van der Waals surface area (Å²) in [5, 5.41) is 3.38. The van der Waals surface area contributed by atoms with Crippen LogP contribution in [0, 0.1) is 6.92 Å². The Morgan fingerprint density at radius 1 is 1.24 bits per heavy atom. The van der Waals surface area contributed by atoms with Crippen LogP contribution in [0.1, 0.15) is 30.2 Å². The largest absolute Gasteiger partial charge is 0.496 e. The highest BCUT2D eigenvalue weighted by atomic mass is 16.5. The van der Waals surface area contributed by atoms with Crippen molar-refractivity contribution in [1.29, 1.82) is 0 Å². The topological polar surface area (TPSA) is 47.0 Å². The zero-order valence-electron chi connectivity index (χ0n) is 12.9. The molecule has 0 unspecified atom stereocenters. The van der Waals surface area contributed by atoms with Crippen molar-refractivity contribution in [3.05, 3.63) is 35.0 Å². The molecule has 1 heterocycles. The number of nitrogens with zero attached hydrogens (tertiary/aromatic N) is 2. The van der Waals surface area contributed by atoms with Gasteiger partial charge in [0.05, 0.1) is 7.11 Å². The van der Waals surface area contributed by atoms with Gasteiger partial charge in [-0.3, -0.25) is 0 Å². The van der Waals surface area contributed by atoms with Gasteiger partial charge in [0.25, 0.3) is 0 Å². The van der Waals surface area contributed by atoms with E-state index in [1.807, 2.05) is 19.1 Å². The lowest BCUT2D eigenvalue weighted by atomic mass is 10.1. The Balaban J connectivity index is 2.06. The Bertz CT molecular complexity index is 667. The van der Waals surface area contributed by atoms with Crippen molar-refractivity contribution in [3.63, 3.8) is 0 Å². The van der Waals surface area contributed by atoms with Crippen LogP contribution in [0.25, 0.3) is 11.4 Å². The van der Waals surface area contributed by atoms with Gasteiger partial charge in [-0.15, -0.1) is 0 Å². The van der Waals surface area contributed by atoms with Gasteiger partial charge in [0.15, 0.2) is 5.82 Å². The summed E-state index contributed by atoms with van der Waals surface area (Å²) in [7, 11) is 1.69. The lowest BCUT2D eigenvalue weighted by Gasteiger charge is -2.12. The maximum atomic E-state index is 5.32. The van der Waals surface area contributed by atoms with E-state index in [-0.39, 0.29) is 0 Å². The molecular weight excluding hydrogens is 262 g/mol. The molecule has 3 rings (SSSR count). The molecule has 0 atom stereocenters. The first-order valence-corrected chi connectivity index (χ1v) is 7.51.